The largest absolute Gasteiger partial charge is 0.311 e. The second-order valence-corrected chi connectivity index (χ2v) is 4.46. The minimum Gasteiger partial charge on any atom is -0.311 e. The first kappa shape index (κ1) is 7.60. The molecule has 1 N–H and O–H groups in total. The summed E-state index contributed by atoms with van der Waals surface area (Å²) in [5.74, 6) is 1.86. The van der Waals surface area contributed by atoms with E-state index in [0.717, 1.165) is 23.9 Å². The molecular weight excluding hydrogens is 134 g/mol. The Morgan fingerprint density at radius 1 is 1.00 bits per heavy atom. The van der Waals surface area contributed by atoms with Crippen molar-refractivity contribution >= 4 is 0 Å². The van der Waals surface area contributed by atoms with Crippen LogP contribution >= 0.6 is 0 Å². The predicted octanol–water partition coefficient (Wildman–Crippen LogP) is 2.17. The van der Waals surface area contributed by atoms with Crippen LogP contribution in [0.3, 0.4) is 0 Å². The molecule has 3 atom stereocenters. The van der Waals surface area contributed by atoms with Gasteiger partial charge >= 0.3 is 0 Å². The summed E-state index contributed by atoms with van der Waals surface area (Å²) in [5.41, 5.74) is 0. The zero-order valence-corrected chi connectivity index (χ0v) is 7.64. The first-order chi connectivity index (χ1) is 5.27. The Balaban J connectivity index is 1.83. The molecule has 0 aliphatic heterocycles. The second kappa shape index (κ2) is 2.78. The molecule has 0 heterocycles. The summed E-state index contributed by atoms with van der Waals surface area (Å²) in [5, 5.41) is 3.73. The van der Waals surface area contributed by atoms with Crippen molar-refractivity contribution in [1.82, 2.24) is 5.32 Å². The van der Waals surface area contributed by atoms with E-state index < -0.39 is 0 Å². The summed E-state index contributed by atoms with van der Waals surface area (Å²) in [6.07, 6.45) is 5.71. The van der Waals surface area contributed by atoms with Crippen molar-refractivity contribution < 1.29 is 0 Å². The summed E-state index contributed by atoms with van der Waals surface area (Å²) >= 11 is 0. The Hall–Kier alpha value is -0.0400. The average Bonchev–Trinajstić information content (AvgIpc) is 2.74. The van der Waals surface area contributed by atoms with Gasteiger partial charge in [0.15, 0.2) is 0 Å². The molecule has 2 aliphatic carbocycles. The SMILES string of the molecule is CC1CCC(NC2CC2)C1C. The molecule has 3 unspecified atom stereocenters. The minimum absolute atomic E-state index is 0.845. The third-order valence-corrected chi connectivity index (χ3v) is 3.49. The molecule has 0 spiro atoms. The number of nitrogens with one attached hydrogen (secondary N) is 1. The lowest BCUT2D eigenvalue weighted by molar-refractivity contribution is 0.369. The van der Waals surface area contributed by atoms with Crippen molar-refractivity contribution in [2.24, 2.45) is 11.8 Å². The van der Waals surface area contributed by atoms with Crippen LogP contribution in [0.15, 0.2) is 0 Å². The van der Waals surface area contributed by atoms with Crippen LogP contribution in [-0.2, 0) is 0 Å². The highest BCUT2D eigenvalue weighted by Crippen LogP contribution is 2.33. The molecule has 2 aliphatic rings. The first-order valence-corrected chi connectivity index (χ1v) is 5.03. The van der Waals surface area contributed by atoms with Crippen molar-refractivity contribution in [3.05, 3.63) is 0 Å². The fourth-order valence-corrected chi connectivity index (χ4v) is 2.15. The summed E-state index contributed by atoms with van der Waals surface area (Å²) in [6, 6.07) is 1.74. The molecule has 0 radical (unpaired) electrons. The van der Waals surface area contributed by atoms with Crippen LogP contribution in [0.4, 0.5) is 0 Å². The molecule has 0 aromatic carbocycles. The molecule has 1 nitrogen and oxygen atoms in total. The van der Waals surface area contributed by atoms with Crippen molar-refractivity contribution in [3.8, 4) is 0 Å². The van der Waals surface area contributed by atoms with Gasteiger partial charge in [-0.05, 0) is 37.5 Å². The number of rotatable bonds is 2. The molecule has 0 amide bonds. The van der Waals surface area contributed by atoms with Gasteiger partial charge in [-0.25, -0.2) is 0 Å². The third kappa shape index (κ3) is 1.58. The van der Waals surface area contributed by atoms with E-state index in [9.17, 15) is 0 Å². The summed E-state index contributed by atoms with van der Waals surface area (Å²) < 4.78 is 0. The lowest BCUT2D eigenvalue weighted by atomic mass is 9.98. The fraction of sp³-hybridized carbons (Fsp3) is 1.00. The van der Waals surface area contributed by atoms with Crippen LogP contribution < -0.4 is 5.32 Å². The van der Waals surface area contributed by atoms with Gasteiger partial charge in [-0.3, -0.25) is 0 Å². The maximum absolute atomic E-state index is 3.73. The average molecular weight is 153 g/mol. The lowest BCUT2D eigenvalue weighted by Crippen LogP contribution is -2.33. The zero-order valence-electron chi connectivity index (χ0n) is 7.64. The predicted molar refractivity (Wildman–Crippen MR) is 47.5 cm³/mol. The standard InChI is InChI=1S/C10H19N/c1-7-3-6-10(8(7)2)11-9-4-5-9/h7-11H,3-6H2,1-2H3. The van der Waals surface area contributed by atoms with Crippen molar-refractivity contribution in [2.45, 2.75) is 51.6 Å². The molecule has 0 bridgehead atoms. The van der Waals surface area contributed by atoms with E-state index in [0.29, 0.717) is 0 Å². The van der Waals surface area contributed by atoms with Crippen molar-refractivity contribution in [1.29, 1.82) is 0 Å². The molecule has 0 saturated heterocycles. The molecule has 2 saturated carbocycles. The van der Waals surface area contributed by atoms with Crippen LogP contribution in [-0.4, -0.2) is 12.1 Å². The lowest BCUT2D eigenvalue weighted by Gasteiger charge is -2.19. The third-order valence-electron chi connectivity index (χ3n) is 3.49. The Morgan fingerprint density at radius 3 is 2.18 bits per heavy atom. The van der Waals surface area contributed by atoms with Gasteiger partial charge in [-0.1, -0.05) is 13.8 Å². The highest BCUT2D eigenvalue weighted by molar-refractivity contribution is 4.91. The van der Waals surface area contributed by atoms with E-state index >= 15 is 0 Å². The quantitative estimate of drug-likeness (QED) is 0.641. The summed E-state index contributed by atoms with van der Waals surface area (Å²) in [6.45, 7) is 4.79. The summed E-state index contributed by atoms with van der Waals surface area (Å²) in [4.78, 5) is 0. The van der Waals surface area contributed by atoms with Crippen molar-refractivity contribution in [3.63, 3.8) is 0 Å². The zero-order chi connectivity index (χ0) is 7.84. The van der Waals surface area contributed by atoms with Gasteiger partial charge in [-0.2, -0.15) is 0 Å². The van der Waals surface area contributed by atoms with E-state index in [1.165, 1.54) is 25.7 Å². The van der Waals surface area contributed by atoms with E-state index in [4.69, 9.17) is 0 Å². The Labute approximate surface area is 69.6 Å². The minimum atomic E-state index is 0.845. The smallest absolute Gasteiger partial charge is 0.00979 e. The molecule has 11 heavy (non-hydrogen) atoms. The number of hydrogen-bond donors (Lipinski definition) is 1. The first-order valence-electron chi connectivity index (χ1n) is 5.03. The topological polar surface area (TPSA) is 12.0 Å². The Morgan fingerprint density at radius 2 is 1.73 bits per heavy atom. The Kier molecular flexibility index (Phi) is 1.92. The molecule has 0 aromatic heterocycles. The van der Waals surface area contributed by atoms with Gasteiger partial charge in [0, 0.05) is 12.1 Å². The van der Waals surface area contributed by atoms with E-state index in [-0.39, 0.29) is 0 Å². The van der Waals surface area contributed by atoms with Gasteiger partial charge < -0.3 is 5.32 Å². The van der Waals surface area contributed by atoms with Gasteiger partial charge in [0.05, 0.1) is 0 Å². The van der Waals surface area contributed by atoms with Gasteiger partial charge in [0.25, 0.3) is 0 Å². The van der Waals surface area contributed by atoms with Crippen LogP contribution in [0.25, 0.3) is 0 Å². The number of hydrogen-bond acceptors (Lipinski definition) is 1. The fourth-order valence-electron chi connectivity index (χ4n) is 2.15. The van der Waals surface area contributed by atoms with E-state index in [1.807, 2.05) is 0 Å². The highest BCUT2D eigenvalue weighted by Gasteiger charge is 2.33. The summed E-state index contributed by atoms with van der Waals surface area (Å²) in [7, 11) is 0. The van der Waals surface area contributed by atoms with Gasteiger partial charge in [0.2, 0.25) is 0 Å². The van der Waals surface area contributed by atoms with Crippen LogP contribution in [0.5, 0.6) is 0 Å². The molecular formula is C10H19N. The molecule has 2 fully saturated rings. The monoisotopic (exact) mass is 153 g/mol. The maximum Gasteiger partial charge on any atom is 0.00979 e. The van der Waals surface area contributed by atoms with Crippen LogP contribution in [0, 0.1) is 11.8 Å². The molecule has 2 rings (SSSR count). The van der Waals surface area contributed by atoms with Gasteiger partial charge in [-0.15, -0.1) is 0 Å². The normalized spacial score (nSPS) is 44.7. The molecule has 1 heteroatoms. The van der Waals surface area contributed by atoms with Crippen molar-refractivity contribution in [2.75, 3.05) is 0 Å². The highest BCUT2D eigenvalue weighted by atomic mass is 15.0. The van der Waals surface area contributed by atoms with E-state index in [2.05, 4.69) is 19.2 Å². The maximum atomic E-state index is 3.73. The second-order valence-electron chi connectivity index (χ2n) is 4.46. The van der Waals surface area contributed by atoms with Gasteiger partial charge in [0.1, 0.15) is 0 Å². The molecule has 0 aromatic rings. The van der Waals surface area contributed by atoms with Crippen LogP contribution in [0.2, 0.25) is 0 Å². The molecule has 64 valence electrons. The Bertz CT molecular complexity index is 140. The van der Waals surface area contributed by atoms with Crippen LogP contribution in [0.1, 0.15) is 39.5 Å². The van der Waals surface area contributed by atoms with E-state index in [1.54, 1.807) is 0 Å².